The second kappa shape index (κ2) is 9.18. The van der Waals surface area contributed by atoms with Crippen molar-refractivity contribution in [2.75, 3.05) is 11.3 Å². The number of hydrogen-bond donors (Lipinski definition) is 2. The minimum Gasteiger partial charge on any atom is -0.505 e. The smallest absolute Gasteiger partial charge is 0.361 e. The highest BCUT2D eigenvalue weighted by atomic mass is 35.5. The zero-order valence-corrected chi connectivity index (χ0v) is 19.1. The molecule has 0 spiro atoms. The number of phenols is 1. The zero-order chi connectivity index (χ0) is 22.8. The van der Waals surface area contributed by atoms with Gasteiger partial charge in [0.2, 0.25) is 5.13 Å². The van der Waals surface area contributed by atoms with Crippen molar-refractivity contribution in [1.82, 2.24) is 14.8 Å². The summed E-state index contributed by atoms with van der Waals surface area (Å²) in [7, 11) is -3.04. The number of phenolic OH excluding ortho intramolecular Hbond substituents is 1. The molecular weight excluding hydrogens is 491 g/mol. The molecule has 0 radical (unpaired) electrons. The van der Waals surface area contributed by atoms with E-state index in [1.807, 2.05) is 0 Å². The fourth-order valence-electron chi connectivity index (χ4n) is 2.35. The molecule has 1 aromatic carbocycles. The monoisotopic (exact) mass is 504 g/mol. The normalized spacial score (nSPS) is 11.7. The van der Waals surface area contributed by atoms with E-state index in [-0.39, 0.29) is 39.0 Å². The number of aromatic hydroxyl groups is 1. The molecule has 2 heterocycles. The lowest BCUT2D eigenvalue weighted by Crippen LogP contribution is -2.16. The largest absolute Gasteiger partial charge is 0.505 e. The molecule has 0 aliphatic carbocycles. The van der Waals surface area contributed by atoms with Gasteiger partial charge in [-0.15, -0.1) is 21.6 Å². The van der Waals surface area contributed by atoms with E-state index in [2.05, 4.69) is 25.0 Å². The van der Waals surface area contributed by atoms with Crippen LogP contribution in [0.2, 0.25) is 10.0 Å². The van der Waals surface area contributed by atoms with Crippen LogP contribution in [-0.2, 0) is 21.8 Å². The van der Waals surface area contributed by atoms with Crippen LogP contribution in [0, 0.1) is 0 Å². The average molecular weight is 505 g/mol. The molecule has 0 saturated heterocycles. The standard InChI is InChI=1S/C16H14Cl2N6O5S2/c1-3-29-15(26)12-11(20-21-16-19-4-5-30-16)14(24(2)22-12)23-31(27,28)10-7-8(17)6-9(18)13(10)25/h4-7,23,25H,3H2,1-2H3. The molecule has 0 amide bonds. The minimum atomic E-state index is -4.43. The lowest BCUT2D eigenvalue weighted by atomic mass is 10.3. The van der Waals surface area contributed by atoms with E-state index in [1.165, 1.54) is 30.6 Å². The fraction of sp³-hybridized carbons (Fsp3) is 0.188. The number of aryl methyl sites for hydroxylation is 1. The summed E-state index contributed by atoms with van der Waals surface area (Å²) in [4.78, 5) is 15.7. The maximum Gasteiger partial charge on any atom is 0.361 e. The van der Waals surface area contributed by atoms with Gasteiger partial charge >= 0.3 is 5.97 Å². The molecule has 0 fully saturated rings. The van der Waals surface area contributed by atoms with Gasteiger partial charge in [-0.05, 0) is 19.1 Å². The van der Waals surface area contributed by atoms with Gasteiger partial charge in [0.25, 0.3) is 10.0 Å². The van der Waals surface area contributed by atoms with Crippen LogP contribution in [0.3, 0.4) is 0 Å². The number of halogens is 2. The number of hydrogen-bond acceptors (Lipinski definition) is 10. The molecule has 15 heteroatoms. The van der Waals surface area contributed by atoms with Crippen LogP contribution >= 0.6 is 34.5 Å². The fourth-order valence-corrected chi connectivity index (χ4v) is 4.65. The molecule has 2 aromatic heterocycles. The predicted octanol–water partition coefficient (Wildman–Crippen LogP) is 4.28. The van der Waals surface area contributed by atoms with Crippen molar-refractivity contribution in [1.29, 1.82) is 0 Å². The Morgan fingerprint density at radius 1 is 1.35 bits per heavy atom. The molecule has 2 N–H and O–H groups in total. The Morgan fingerprint density at radius 2 is 2.10 bits per heavy atom. The number of aromatic nitrogens is 3. The molecule has 0 saturated carbocycles. The van der Waals surface area contributed by atoms with Crippen LogP contribution < -0.4 is 4.72 Å². The maximum atomic E-state index is 12.9. The Bertz CT molecular complexity index is 1260. The number of sulfonamides is 1. The van der Waals surface area contributed by atoms with Crippen molar-refractivity contribution in [3.8, 4) is 5.75 Å². The number of ether oxygens (including phenoxy) is 1. The van der Waals surface area contributed by atoms with Gasteiger partial charge in [-0.2, -0.15) is 5.10 Å². The number of benzene rings is 1. The molecular formula is C16H14Cl2N6O5S2. The first-order chi connectivity index (χ1) is 14.6. The number of carbonyl (C=O) groups excluding carboxylic acids is 1. The molecule has 164 valence electrons. The molecule has 0 atom stereocenters. The van der Waals surface area contributed by atoms with Crippen molar-refractivity contribution in [3.63, 3.8) is 0 Å². The third-order valence-corrected chi connectivity index (χ3v) is 6.17. The molecule has 3 aromatic rings. The van der Waals surface area contributed by atoms with E-state index in [1.54, 1.807) is 12.3 Å². The number of esters is 1. The van der Waals surface area contributed by atoms with E-state index < -0.39 is 26.6 Å². The summed E-state index contributed by atoms with van der Waals surface area (Å²) in [5.74, 6) is -1.73. The number of azo groups is 1. The lowest BCUT2D eigenvalue weighted by Gasteiger charge is -2.11. The second-order valence-corrected chi connectivity index (χ2v) is 9.11. The van der Waals surface area contributed by atoms with Crippen molar-refractivity contribution in [2.24, 2.45) is 17.3 Å². The number of rotatable bonds is 7. The SMILES string of the molecule is CCOC(=O)c1nn(C)c(NS(=O)(=O)c2cc(Cl)cc(Cl)c2O)c1N=Nc1nccs1. The van der Waals surface area contributed by atoms with Crippen molar-refractivity contribution in [2.45, 2.75) is 11.8 Å². The number of nitrogens with zero attached hydrogens (tertiary/aromatic N) is 5. The highest BCUT2D eigenvalue weighted by Crippen LogP contribution is 2.37. The Morgan fingerprint density at radius 3 is 2.74 bits per heavy atom. The van der Waals surface area contributed by atoms with E-state index in [4.69, 9.17) is 27.9 Å². The highest BCUT2D eigenvalue weighted by molar-refractivity contribution is 7.92. The Kier molecular flexibility index (Phi) is 6.79. The summed E-state index contributed by atoms with van der Waals surface area (Å²) in [5.41, 5.74) is -0.469. The highest BCUT2D eigenvalue weighted by Gasteiger charge is 2.29. The Labute approximate surface area is 190 Å². The number of thiazole rings is 1. The summed E-state index contributed by atoms with van der Waals surface area (Å²) in [6, 6.07) is 2.21. The van der Waals surface area contributed by atoms with Crippen LogP contribution in [0.1, 0.15) is 17.4 Å². The van der Waals surface area contributed by atoms with Gasteiger partial charge in [0, 0.05) is 23.6 Å². The van der Waals surface area contributed by atoms with Gasteiger partial charge in [-0.3, -0.25) is 4.72 Å². The lowest BCUT2D eigenvalue weighted by molar-refractivity contribution is 0.0519. The summed E-state index contributed by atoms with van der Waals surface area (Å²) in [6.45, 7) is 1.67. The third-order valence-electron chi connectivity index (χ3n) is 3.66. The molecule has 3 rings (SSSR count). The van der Waals surface area contributed by atoms with E-state index >= 15 is 0 Å². The predicted molar refractivity (Wildman–Crippen MR) is 114 cm³/mol. The first-order valence-electron chi connectivity index (χ1n) is 8.40. The van der Waals surface area contributed by atoms with Gasteiger partial charge in [0.05, 0.1) is 11.6 Å². The quantitative estimate of drug-likeness (QED) is 0.360. The van der Waals surface area contributed by atoms with Gasteiger partial charge < -0.3 is 9.84 Å². The third kappa shape index (κ3) is 4.95. The first kappa shape index (κ1) is 22.9. The van der Waals surface area contributed by atoms with Crippen molar-refractivity contribution >= 4 is 67.2 Å². The Balaban J connectivity index is 2.11. The molecule has 31 heavy (non-hydrogen) atoms. The zero-order valence-electron chi connectivity index (χ0n) is 15.9. The van der Waals surface area contributed by atoms with Crippen molar-refractivity contribution < 1.29 is 23.1 Å². The summed E-state index contributed by atoms with van der Waals surface area (Å²) < 4.78 is 34.1. The molecule has 0 aliphatic rings. The van der Waals surface area contributed by atoms with Crippen LogP contribution in [0.5, 0.6) is 5.75 Å². The van der Waals surface area contributed by atoms with Crippen LogP contribution in [0.25, 0.3) is 0 Å². The minimum absolute atomic E-state index is 0.0101. The van der Waals surface area contributed by atoms with E-state index in [0.717, 1.165) is 10.7 Å². The summed E-state index contributed by atoms with van der Waals surface area (Å²) in [5, 5.41) is 23.6. The Hall–Kier alpha value is -2.74. The second-order valence-electron chi connectivity index (χ2n) is 5.74. The summed E-state index contributed by atoms with van der Waals surface area (Å²) >= 11 is 12.9. The van der Waals surface area contributed by atoms with Crippen LogP contribution in [0.4, 0.5) is 16.6 Å². The van der Waals surface area contributed by atoms with Gasteiger partial charge in [-0.25, -0.2) is 22.9 Å². The van der Waals surface area contributed by atoms with Gasteiger partial charge in [0.1, 0.15) is 4.90 Å². The molecule has 0 unspecified atom stereocenters. The number of anilines is 1. The molecule has 0 aliphatic heterocycles. The maximum absolute atomic E-state index is 12.9. The number of carbonyl (C=O) groups is 1. The van der Waals surface area contributed by atoms with Gasteiger partial charge in [0.15, 0.2) is 22.9 Å². The number of nitrogens with one attached hydrogen (secondary N) is 1. The molecule has 0 bridgehead atoms. The summed E-state index contributed by atoms with van der Waals surface area (Å²) in [6.07, 6.45) is 1.50. The average Bonchev–Trinajstić information content (AvgIpc) is 3.31. The van der Waals surface area contributed by atoms with Crippen molar-refractivity contribution in [3.05, 3.63) is 39.4 Å². The topological polar surface area (TPSA) is 148 Å². The van der Waals surface area contributed by atoms with E-state index in [9.17, 15) is 18.3 Å². The van der Waals surface area contributed by atoms with Gasteiger partial charge in [-0.1, -0.05) is 23.2 Å². The van der Waals surface area contributed by atoms with Crippen LogP contribution in [-0.4, -0.2) is 40.9 Å². The van der Waals surface area contributed by atoms with Crippen LogP contribution in [0.15, 0.2) is 38.8 Å². The first-order valence-corrected chi connectivity index (χ1v) is 11.5. The van der Waals surface area contributed by atoms with E-state index in [0.29, 0.717) is 0 Å². The molecule has 11 nitrogen and oxygen atoms in total.